The summed E-state index contributed by atoms with van der Waals surface area (Å²) >= 11 is 0. The van der Waals surface area contributed by atoms with E-state index < -0.39 is 18.0 Å². The second kappa shape index (κ2) is 8.12. The lowest BCUT2D eigenvalue weighted by Crippen LogP contribution is -2.35. The number of aliphatic hydroxyl groups excluding tert-OH is 1. The maximum absolute atomic E-state index is 12.6. The van der Waals surface area contributed by atoms with Gasteiger partial charge in [-0.05, 0) is 43.9 Å². The van der Waals surface area contributed by atoms with Crippen molar-refractivity contribution in [3.8, 4) is 5.75 Å². The van der Waals surface area contributed by atoms with Gasteiger partial charge in [-0.2, -0.15) is 13.2 Å². The van der Waals surface area contributed by atoms with Crippen LogP contribution < -0.4 is 9.64 Å². The molecule has 1 atom stereocenters. The Balaban J connectivity index is 1.63. The normalized spacial score (nSPS) is 17.0. The minimum Gasteiger partial charge on any atom is -0.493 e. The van der Waals surface area contributed by atoms with E-state index in [1.807, 2.05) is 11.8 Å². The van der Waals surface area contributed by atoms with Gasteiger partial charge < -0.3 is 14.7 Å². The minimum atomic E-state index is -4.43. The molecule has 146 valence electrons. The van der Waals surface area contributed by atoms with E-state index in [-0.39, 0.29) is 5.92 Å². The summed E-state index contributed by atoms with van der Waals surface area (Å²) in [5, 5.41) is 10.8. The first-order valence-electron chi connectivity index (χ1n) is 8.93. The van der Waals surface area contributed by atoms with E-state index in [1.165, 1.54) is 12.3 Å². The molecule has 0 amide bonds. The number of hydrogen-bond acceptors (Lipinski definition) is 5. The standard InChI is InChI=1S/C19H22F3N3O2/c1-2-27-16-5-8-23-12-15(16)18(26)13-6-9-25(10-7-13)14-3-4-17(24-11-14)19(20,21)22/h3-5,8,11-13,18,26H,2,6-7,9-10H2,1H3. The van der Waals surface area contributed by atoms with E-state index in [4.69, 9.17) is 4.74 Å². The summed E-state index contributed by atoms with van der Waals surface area (Å²) < 4.78 is 43.5. The Kier molecular flexibility index (Phi) is 5.84. The lowest BCUT2D eigenvalue weighted by molar-refractivity contribution is -0.141. The molecular formula is C19H22F3N3O2. The molecule has 0 bridgehead atoms. The van der Waals surface area contributed by atoms with Crippen LogP contribution in [0.25, 0.3) is 0 Å². The van der Waals surface area contributed by atoms with Crippen molar-refractivity contribution in [3.63, 3.8) is 0 Å². The molecule has 1 N–H and O–H groups in total. The average Bonchev–Trinajstić information content (AvgIpc) is 2.68. The summed E-state index contributed by atoms with van der Waals surface area (Å²) in [6.07, 6.45) is 0.813. The first kappa shape index (κ1) is 19.4. The summed E-state index contributed by atoms with van der Waals surface area (Å²) in [7, 11) is 0. The first-order chi connectivity index (χ1) is 12.9. The van der Waals surface area contributed by atoms with Crippen molar-refractivity contribution in [1.29, 1.82) is 0 Å². The first-order valence-corrected chi connectivity index (χ1v) is 8.93. The van der Waals surface area contributed by atoms with E-state index in [9.17, 15) is 18.3 Å². The Hall–Kier alpha value is -2.35. The molecule has 27 heavy (non-hydrogen) atoms. The van der Waals surface area contributed by atoms with Gasteiger partial charge in [-0.25, -0.2) is 4.98 Å². The zero-order valence-corrected chi connectivity index (χ0v) is 15.0. The molecule has 1 aliphatic heterocycles. The maximum Gasteiger partial charge on any atom is 0.433 e. The van der Waals surface area contributed by atoms with Crippen LogP contribution in [0.5, 0.6) is 5.75 Å². The average molecular weight is 381 g/mol. The van der Waals surface area contributed by atoms with Gasteiger partial charge in [0.25, 0.3) is 0 Å². The molecule has 0 spiro atoms. The zero-order valence-electron chi connectivity index (χ0n) is 15.0. The fraction of sp³-hybridized carbons (Fsp3) is 0.474. The van der Waals surface area contributed by atoms with Crippen molar-refractivity contribution in [3.05, 3.63) is 48.0 Å². The van der Waals surface area contributed by atoms with Crippen molar-refractivity contribution in [2.24, 2.45) is 5.92 Å². The van der Waals surface area contributed by atoms with Crippen LogP contribution in [-0.2, 0) is 6.18 Å². The van der Waals surface area contributed by atoms with Crippen molar-refractivity contribution < 1.29 is 23.0 Å². The summed E-state index contributed by atoms with van der Waals surface area (Å²) in [4.78, 5) is 9.59. The number of rotatable bonds is 5. The van der Waals surface area contributed by atoms with Crippen molar-refractivity contribution in [2.75, 3.05) is 24.6 Å². The SMILES string of the molecule is CCOc1ccncc1C(O)C1CCN(c2ccc(C(F)(F)F)nc2)CC1. The molecule has 2 aromatic rings. The summed E-state index contributed by atoms with van der Waals surface area (Å²) in [6, 6.07) is 4.19. The van der Waals surface area contributed by atoms with Crippen LogP contribution in [-0.4, -0.2) is 34.8 Å². The van der Waals surface area contributed by atoms with Gasteiger partial charge in [0.1, 0.15) is 11.4 Å². The second-order valence-electron chi connectivity index (χ2n) is 6.52. The summed E-state index contributed by atoms with van der Waals surface area (Å²) in [5.74, 6) is 0.668. The molecule has 8 heteroatoms. The number of ether oxygens (including phenoxy) is 1. The number of alkyl halides is 3. The number of nitrogens with zero attached hydrogens (tertiary/aromatic N) is 3. The molecule has 1 unspecified atom stereocenters. The van der Waals surface area contributed by atoms with Crippen LogP contribution in [0.1, 0.15) is 37.1 Å². The molecule has 5 nitrogen and oxygen atoms in total. The largest absolute Gasteiger partial charge is 0.493 e. The highest BCUT2D eigenvalue weighted by molar-refractivity contribution is 5.45. The van der Waals surface area contributed by atoms with Crippen LogP contribution in [0.4, 0.5) is 18.9 Å². The highest BCUT2D eigenvalue weighted by Gasteiger charge is 2.33. The lowest BCUT2D eigenvalue weighted by Gasteiger charge is -2.35. The van der Waals surface area contributed by atoms with Crippen LogP contribution in [0.3, 0.4) is 0 Å². The fourth-order valence-corrected chi connectivity index (χ4v) is 3.37. The van der Waals surface area contributed by atoms with Crippen molar-refractivity contribution in [1.82, 2.24) is 9.97 Å². The second-order valence-corrected chi connectivity index (χ2v) is 6.52. The van der Waals surface area contributed by atoms with Gasteiger partial charge in [-0.3, -0.25) is 4.98 Å². The molecule has 3 heterocycles. The Bertz CT molecular complexity index is 745. The Morgan fingerprint density at radius 3 is 2.56 bits per heavy atom. The molecule has 0 radical (unpaired) electrons. The number of aliphatic hydroxyl groups is 1. The van der Waals surface area contributed by atoms with E-state index in [0.717, 1.165) is 6.07 Å². The van der Waals surface area contributed by atoms with Gasteiger partial charge in [-0.1, -0.05) is 0 Å². The Labute approximate surface area is 155 Å². The molecule has 3 rings (SSSR count). The highest BCUT2D eigenvalue weighted by atomic mass is 19.4. The third kappa shape index (κ3) is 4.50. The number of piperidine rings is 1. The van der Waals surface area contributed by atoms with Gasteiger partial charge in [-0.15, -0.1) is 0 Å². The third-order valence-electron chi connectivity index (χ3n) is 4.82. The van der Waals surface area contributed by atoms with E-state index in [0.29, 0.717) is 49.5 Å². The number of halogens is 3. The lowest BCUT2D eigenvalue weighted by atomic mass is 9.87. The Morgan fingerprint density at radius 2 is 1.96 bits per heavy atom. The van der Waals surface area contributed by atoms with Crippen LogP contribution in [0.2, 0.25) is 0 Å². The molecule has 0 saturated carbocycles. The van der Waals surface area contributed by atoms with E-state index in [1.54, 1.807) is 18.5 Å². The molecule has 1 aliphatic rings. The number of aromatic nitrogens is 2. The summed E-state index contributed by atoms with van der Waals surface area (Å²) in [6.45, 7) is 3.66. The molecular weight excluding hydrogens is 359 g/mol. The number of hydrogen-bond donors (Lipinski definition) is 1. The highest BCUT2D eigenvalue weighted by Crippen LogP contribution is 2.36. The van der Waals surface area contributed by atoms with E-state index in [2.05, 4.69) is 9.97 Å². The van der Waals surface area contributed by atoms with Crippen LogP contribution in [0.15, 0.2) is 36.8 Å². The Morgan fingerprint density at radius 1 is 1.22 bits per heavy atom. The van der Waals surface area contributed by atoms with Gasteiger partial charge in [0.05, 0.1) is 24.6 Å². The van der Waals surface area contributed by atoms with Gasteiger partial charge >= 0.3 is 6.18 Å². The molecule has 2 aromatic heterocycles. The summed E-state index contributed by atoms with van der Waals surface area (Å²) in [5.41, 5.74) is 0.443. The third-order valence-corrected chi connectivity index (χ3v) is 4.82. The predicted octanol–water partition coefficient (Wildman–Crippen LogP) is 3.84. The smallest absolute Gasteiger partial charge is 0.433 e. The topological polar surface area (TPSA) is 58.5 Å². The molecule has 0 aromatic carbocycles. The molecule has 0 aliphatic carbocycles. The van der Waals surface area contributed by atoms with E-state index >= 15 is 0 Å². The number of anilines is 1. The van der Waals surface area contributed by atoms with Gasteiger partial charge in [0.2, 0.25) is 0 Å². The number of pyridine rings is 2. The van der Waals surface area contributed by atoms with Crippen molar-refractivity contribution in [2.45, 2.75) is 32.0 Å². The van der Waals surface area contributed by atoms with Crippen LogP contribution >= 0.6 is 0 Å². The monoisotopic (exact) mass is 381 g/mol. The van der Waals surface area contributed by atoms with Gasteiger partial charge in [0.15, 0.2) is 0 Å². The quantitative estimate of drug-likeness (QED) is 0.853. The van der Waals surface area contributed by atoms with Crippen molar-refractivity contribution >= 4 is 5.69 Å². The maximum atomic E-state index is 12.6. The van der Waals surface area contributed by atoms with Crippen LogP contribution in [0, 0.1) is 5.92 Å². The predicted molar refractivity (Wildman–Crippen MR) is 94.5 cm³/mol. The minimum absolute atomic E-state index is 0.0343. The fourth-order valence-electron chi connectivity index (χ4n) is 3.37. The molecule has 1 saturated heterocycles. The zero-order chi connectivity index (χ0) is 19.4. The van der Waals surface area contributed by atoms with Gasteiger partial charge in [0, 0.05) is 31.0 Å². The molecule has 1 fully saturated rings.